The fourth-order valence-electron chi connectivity index (χ4n) is 1.11. The molecule has 13 heavy (non-hydrogen) atoms. The van der Waals surface area contributed by atoms with Crippen molar-refractivity contribution >= 4 is 22.1 Å². The summed E-state index contributed by atoms with van der Waals surface area (Å²) >= 11 is 1.62. The summed E-state index contributed by atoms with van der Waals surface area (Å²) in [6, 6.07) is 0. The number of aromatic nitrogens is 2. The molecule has 0 saturated heterocycles. The second kappa shape index (κ2) is 3.18. The van der Waals surface area contributed by atoms with Gasteiger partial charge in [0.1, 0.15) is 11.2 Å². The molecule has 2 heterocycles. The lowest BCUT2D eigenvalue weighted by Gasteiger charge is -1.96. The molecule has 2 aromatic rings. The molecular formula is C8H9N3OS. The number of carbonyl (C=O) groups is 1. The maximum Gasteiger partial charge on any atom is 0.217 e. The maximum atomic E-state index is 10.7. The number of thiazole rings is 1. The van der Waals surface area contributed by atoms with Gasteiger partial charge in [0.05, 0.1) is 12.2 Å². The maximum absolute atomic E-state index is 10.7. The van der Waals surface area contributed by atoms with Crippen LogP contribution in [0.15, 0.2) is 17.9 Å². The molecule has 0 radical (unpaired) electrons. The number of nitrogens with zero attached hydrogens (tertiary/aromatic N) is 2. The molecule has 0 aliphatic rings. The number of rotatable bonds is 2. The number of hydrogen-bond donors (Lipinski definition) is 1. The minimum atomic E-state index is -0.0299. The van der Waals surface area contributed by atoms with E-state index in [4.69, 9.17) is 0 Å². The zero-order valence-corrected chi connectivity index (χ0v) is 7.97. The molecule has 0 aromatic carbocycles. The molecule has 1 N–H and O–H groups in total. The Morgan fingerprint density at radius 2 is 2.62 bits per heavy atom. The Bertz CT molecular complexity index is 431. The van der Waals surface area contributed by atoms with Crippen molar-refractivity contribution < 1.29 is 4.79 Å². The zero-order chi connectivity index (χ0) is 9.26. The average molecular weight is 195 g/mol. The van der Waals surface area contributed by atoms with Crippen molar-refractivity contribution in [3.05, 3.63) is 23.6 Å². The van der Waals surface area contributed by atoms with Gasteiger partial charge in [-0.15, -0.1) is 11.3 Å². The van der Waals surface area contributed by atoms with Gasteiger partial charge in [0.2, 0.25) is 5.91 Å². The summed E-state index contributed by atoms with van der Waals surface area (Å²) in [6.07, 6.45) is 3.70. The Balaban J connectivity index is 2.23. The molecule has 2 aromatic heterocycles. The second-order valence-corrected chi connectivity index (χ2v) is 3.61. The van der Waals surface area contributed by atoms with Gasteiger partial charge in [0, 0.05) is 18.5 Å². The number of hydrogen-bond acceptors (Lipinski definition) is 3. The van der Waals surface area contributed by atoms with Crippen LogP contribution in [0.3, 0.4) is 0 Å². The molecule has 4 nitrogen and oxygen atoms in total. The first-order valence-corrected chi connectivity index (χ1v) is 4.79. The zero-order valence-electron chi connectivity index (χ0n) is 7.15. The predicted molar refractivity (Wildman–Crippen MR) is 50.6 cm³/mol. The molecule has 0 bridgehead atoms. The van der Waals surface area contributed by atoms with Crippen molar-refractivity contribution in [1.29, 1.82) is 0 Å². The van der Waals surface area contributed by atoms with Crippen LogP contribution in [0.5, 0.6) is 0 Å². The first-order valence-electron chi connectivity index (χ1n) is 3.91. The van der Waals surface area contributed by atoms with Crippen molar-refractivity contribution in [2.24, 2.45) is 0 Å². The van der Waals surface area contributed by atoms with Crippen LogP contribution in [-0.4, -0.2) is 15.3 Å². The third-order valence-electron chi connectivity index (χ3n) is 1.73. The lowest BCUT2D eigenvalue weighted by Crippen LogP contribution is -2.19. The topological polar surface area (TPSA) is 46.4 Å². The van der Waals surface area contributed by atoms with Crippen molar-refractivity contribution in [1.82, 2.24) is 14.7 Å². The van der Waals surface area contributed by atoms with E-state index in [0.29, 0.717) is 6.54 Å². The van der Waals surface area contributed by atoms with Gasteiger partial charge < -0.3 is 5.32 Å². The highest BCUT2D eigenvalue weighted by atomic mass is 32.1. The lowest BCUT2D eigenvalue weighted by atomic mass is 10.4. The average Bonchev–Trinajstić information content (AvgIpc) is 2.60. The van der Waals surface area contributed by atoms with Gasteiger partial charge in [0.25, 0.3) is 0 Å². The van der Waals surface area contributed by atoms with Crippen LogP contribution in [0.25, 0.3) is 4.83 Å². The van der Waals surface area contributed by atoms with Crippen molar-refractivity contribution in [2.75, 3.05) is 0 Å². The van der Waals surface area contributed by atoms with Crippen LogP contribution in [0.2, 0.25) is 0 Å². The fourth-order valence-corrected chi connectivity index (χ4v) is 1.93. The third kappa shape index (κ3) is 1.55. The molecule has 5 heteroatoms. The van der Waals surface area contributed by atoms with Crippen LogP contribution >= 0.6 is 11.3 Å². The van der Waals surface area contributed by atoms with E-state index in [9.17, 15) is 4.79 Å². The Morgan fingerprint density at radius 3 is 3.38 bits per heavy atom. The molecular weight excluding hydrogens is 186 g/mol. The van der Waals surface area contributed by atoms with Crippen molar-refractivity contribution in [3.8, 4) is 0 Å². The van der Waals surface area contributed by atoms with E-state index in [0.717, 1.165) is 10.5 Å². The molecule has 0 aliphatic heterocycles. The Morgan fingerprint density at radius 1 is 1.77 bits per heavy atom. The molecule has 1 amide bonds. The molecule has 0 saturated carbocycles. The van der Waals surface area contributed by atoms with E-state index in [-0.39, 0.29) is 5.91 Å². The monoisotopic (exact) mass is 195 g/mol. The minimum absolute atomic E-state index is 0.0299. The highest BCUT2D eigenvalue weighted by molar-refractivity contribution is 7.15. The van der Waals surface area contributed by atoms with Crippen LogP contribution in [0, 0.1) is 0 Å². The van der Waals surface area contributed by atoms with Crippen LogP contribution in [0.4, 0.5) is 0 Å². The Labute approximate surface area is 79.2 Å². The van der Waals surface area contributed by atoms with Gasteiger partial charge in [0.15, 0.2) is 0 Å². The lowest BCUT2D eigenvalue weighted by molar-refractivity contribution is -0.119. The SMILES string of the molecule is CC(=O)NCc1ncn2ccsc12. The normalized spacial score (nSPS) is 10.5. The summed E-state index contributed by atoms with van der Waals surface area (Å²) in [5.74, 6) is -0.0299. The molecule has 0 fully saturated rings. The van der Waals surface area contributed by atoms with Gasteiger partial charge in [-0.05, 0) is 0 Å². The number of imidazole rings is 1. The largest absolute Gasteiger partial charge is 0.351 e. The van der Waals surface area contributed by atoms with E-state index < -0.39 is 0 Å². The van der Waals surface area contributed by atoms with Gasteiger partial charge in [-0.3, -0.25) is 9.20 Å². The summed E-state index contributed by atoms with van der Waals surface area (Å²) in [7, 11) is 0. The smallest absolute Gasteiger partial charge is 0.217 e. The van der Waals surface area contributed by atoms with Gasteiger partial charge in [-0.1, -0.05) is 0 Å². The molecule has 0 aliphatic carbocycles. The van der Waals surface area contributed by atoms with Crippen LogP contribution in [0.1, 0.15) is 12.6 Å². The fraction of sp³-hybridized carbons (Fsp3) is 0.250. The first-order chi connectivity index (χ1) is 6.27. The van der Waals surface area contributed by atoms with E-state index in [1.807, 2.05) is 16.0 Å². The molecule has 0 spiro atoms. The summed E-state index contributed by atoms with van der Waals surface area (Å²) < 4.78 is 1.95. The molecule has 68 valence electrons. The van der Waals surface area contributed by atoms with E-state index >= 15 is 0 Å². The summed E-state index contributed by atoms with van der Waals surface area (Å²) in [5, 5.41) is 4.72. The quantitative estimate of drug-likeness (QED) is 0.778. The van der Waals surface area contributed by atoms with E-state index in [2.05, 4.69) is 10.3 Å². The minimum Gasteiger partial charge on any atom is -0.351 e. The summed E-state index contributed by atoms with van der Waals surface area (Å²) in [4.78, 5) is 15.9. The predicted octanol–water partition coefficient (Wildman–Crippen LogP) is 1.03. The molecule has 0 unspecified atom stereocenters. The first kappa shape index (κ1) is 8.25. The van der Waals surface area contributed by atoms with Crippen LogP contribution in [-0.2, 0) is 11.3 Å². The number of carbonyl (C=O) groups excluding carboxylic acids is 1. The summed E-state index contributed by atoms with van der Waals surface area (Å²) in [5.41, 5.74) is 0.921. The third-order valence-corrected chi connectivity index (χ3v) is 2.65. The highest BCUT2D eigenvalue weighted by Crippen LogP contribution is 2.15. The number of fused-ring (bicyclic) bond motifs is 1. The molecule has 2 rings (SSSR count). The van der Waals surface area contributed by atoms with Crippen molar-refractivity contribution in [3.63, 3.8) is 0 Å². The number of amides is 1. The second-order valence-electron chi connectivity index (χ2n) is 2.72. The standard InChI is InChI=1S/C8H9N3OS/c1-6(12)9-4-7-8-11(5-10-7)2-3-13-8/h2-3,5H,4H2,1H3,(H,9,12). The summed E-state index contributed by atoms with van der Waals surface area (Å²) in [6.45, 7) is 2.01. The van der Waals surface area contributed by atoms with E-state index in [1.54, 1.807) is 17.7 Å². The molecule has 0 atom stereocenters. The Kier molecular flexibility index (Phi) is 2.02. The van der Waals surface area contributed by atoms with E-state index in [1.165, 1.54) is 6.92 Å². The van der Waals surface area contributed by atoms with Crippen LogP contribution < -0.4 is 5.32 Å². The van der Waals surface area contributed by atoms with Gasteiger partial charge in [-0.2, -0.15) is 0 Å². The number of nitrogens with one attached hydrogen (secondary N) is 1. The Hall–Kier alpha value is -1.36. The van der Waals surface area contributed by atoms with Gasteiger partial charge in [-0.25, -0.2) is 4.98 Å². The van der Waals surface area contributed by atoms with Crippen molar-refractivity contribution in [2.45, 2.75) is 13.5 Å². The highest BCUT2D eigenvalue weighted by Gasteiger charge is 2.04. The van der Waals surface area contributed by atoms with Gasteiger partial charge >= 0.3 is 0 Å².